The van der Waals surface area contributed by atoms with Crippen LogP contribution in [0.15, 0.2) is 22.6 Å². The third-order valence-electron chi connectivity index (χ3n) is 3.84. The fourth-order valence-electron chi connectivity index (χ4n) is 3.11. The predicted octanol–water partition coefficient (Wildman–Crippen LogP) is 2.62. The number of carbonyl (C=O) groups excluding carboxylic acids is 1. The predicted molar refractivity (Wildman–Crippen MR) is 73.9 cm³/mol. The molecule has 2 unspecified atom stereocenters. The van der Waals surface area contributed by atoms with E-state index in [1.54, 1.807) is 11.3 Å². The molecule has 4 heteroatoms. The van der Waals surface area contributed by atoms with E-state index in [-0.39, 0.29) is 17.4 Å². The van der Waals surface area contributed by atoms with Gasteiger partial charge in [0.25, 0.3) is 0 Å². The molecule has 1 aliphatic carbocycles. The zero-order valence-corrected chi connectivity index (χ0v) is 11.6. The molecule has 0 bridgehead atoms. The summed E-state index contributed by atoms with van der Waals surface area (Å²) in [6.45, 7) is 4.33. The first kappa shape index (κ1) is 11.9. The Morgan fingerprint density at radius 1 is 1.56 bits per heavy atom. The van der Waals surface area contributed by atoms with Gasteiger partial charge in [-0.3, -0.25) is 4.79 Å². The Labute approximate surface area is 111 Å². The SMILES string of the molecule is CC1(C)CC(=O)C2C(Cc3cccs3)=NNC2C1. The van der Waals surface area contributed by atoms with Crippen LogP contribution in [0.1, 0.15) is 31.6 Å². The van der Waals surface area contributed by atoms with Crippen molar-refractivity contribution >= 4 is 22.8 Å². The summed E-state index contributed by atoms with van der Waals surface area (Å²) in [5.74, 6) is 0.372. The van der Waals surface area contributed by atoms with Crippen LogP contribution in [-0.4, -0.2) is 17.5 Å². The average molecular weight is 262 g/mol. The van der Waals surface area contributed by atoms with Gasteiger partial charge in [-0.2, -0.15) is 5.10 Å². The molecule has 0 aromatic carbocycles. The number of carbonyl (C=O) groups is 1. The number of Topliss-reactive ketones (excluding diaryl/α,β-unsaturated/α-hetero) is 1. The molecule has 96 valence electrons. The molecule has 0 radical (unpaired) electrons. The van der Waals surface area contributed by atoms with Crippen LogP contribution in [0, 0.1) is 11.3 Å². The van der Waals surface area contributed by atoms with Gasteiger partial charge in [0.1, 0.15) is 5.78 Å². The quantitative estimate of drug-likeness (QED) is 0.890. The van der Waals surface area contributed by atoms with Gasteiger partial charge in [-0.1, -0.05) is 19.9 Å². The smallest absolute Gasteiger partial charge is 0.144 e. The highest BCUT2D eigenvalue weighted by Gasteiger charge is 2.45. The summed E-state index contributed by atoms with van der Waals surface area (Å²) in [6, 6.07) is 4.38. The van der Waals surface area contributed by atoms with Crippen LogP contribution in [0.25, 0.3) is 0 Å². The Balaban J connectivity index is 1.78. The topological polar surface area (TPSA) is 41.5 Å². The molecule has 0 amide bonds. The van der Waals surface area contributed by atoms with Crippen LogP contribution in [0.4, 0.5) is 0 Å². The average Bonchev–Trinajstić information content (AvgIpc) is 2.87. The molecule has 1 aromatic heterocycles. The van der Waals surface area contributed by atoms with Crippen LogP contribution in [0.3, 0.4) is 0 Å². The van der Waals surface area contributed by atoms with Crippen LogP contribution in [-0.2, 0) is 11.2 Å². The van der Waals surface area contributed by atoms with E-state index in [2.05, 4.69) is 35.8 Å². The summed E-state index contributed by atoms with van der Waals surface area (Å²) in [7, 11) is 0. The first-order chi connectivity index (χ1) is 8.55. The second-order valence-electron chi connectivity index (χ2n) is 6.08. The van der Waals surface area contributed by atoms with E-state index in [9.17, 15) is 4.79 Å². The molecule has 2 atom stereocenters. The number of rotatable bonds is 2. The van der Waals surface area contributed by atoms with Crippen LogP contribution >= 0.6 is 11.3 Å². The van der Waals surface area contributed by atoms with Gasteiger partial charge in [0.15, 0.2) is 0 Å². The normalized spacial score (nSPS) is 29.7. The zero-order valence-electron chi connectivity index (χ0n) is 10.8. The summed E-state index contributed by atoms with van der Waals surface area (Å²) >= 11 is 1.73. The summed E-state index contributed by atoms with van der Waals surface area (Å²) < 4.78 is 0. The van der Waals surface area contributed by atoms with E-state index in [1.165, 1.54) is 4.88 Å². The fraction of sp³-hybridized carbons (Fsp3) is 0.571. The molecular weight excluding hydrogens is 244 g/mol. The number of thiophene rings is 1. The van der Waals surface area contributed by atoms with E-state index >= 15 is 0 Å². The van der Waals surface area contributed by atoms with Gasteiger partial charge in [0.05, 0.1) is 17.7 Å². The Bertz CT molecular complexity index is 490. The summed E-state index contributed by atoms with van der Waals surface area (Å²) in [5.41, 5.74) is 4.32. The van der Waals surface area contributed by atoms with Gasteiger partial charge in [-0.25, -0.2) is 0 Å². The van der Waals surface area contributed by atoms with Crippen molar-refractivity contribution in [3.05, 3.63) is 22.4 Å². The van der Waals surface area contributed by atoms with Crippen LogP contribution in [0.5, 0.6) is 0 Å². The van der Waals surface area contributed by atoms with Crippen molar-refractivity contribution in [3.8, 4) is 0 Å². The third kappa shape index (κ3) is 2.09. The van der Waals surface area contributed by atoms with Crippen molar-refractivity contribution in [3.63, 3.8) is 0 Å². The number of nitrogens with zero attached hydrogens (tertiary/aromatic N) is 1. The number of fused-ring (bicyclic) bond motifs is 1. The maximum Gasteiger partial charge on any atom is 0.144 e. The van der Waals surface area contributed by atoms with E-state index in [0.717, 1.165) is 18.6 Å². The molecule has 18 heavy (non-hydrogen) atoms. The molecule has 1 fully saturated rings. The lowest BCUT2D eigenvalue weighted by molar-refractivity contribution is -0.126. The lowest BCUT2D eigenvalue weighted by atomic mass is 9.68. The van der Waals surface area contributed by atoms with Crippen molar-refractivity contribution in [1.82, 2.24) is 5.43 Å². The molecule has 1 N–H and O–H groups in total. The highest BCUT2D eigenvalue weighted by atomic mass is 32.1. The highest BCUT2D eigenvalue weighted by Crippen LogP contribution is 2.39. The van der Waals surface area contributed by atoms with Crippen molar-refractivity contribution in [2.24, 2.45) is 16.4 Å². The Hall–Kier alpha value is -1.16. The van der Waals surface area contributed by atoms with Gasteiger partial charge >= 0.3 is 0 Å². The Kier molecular flexibility index (Phi) is 2.77. The van der Waals surface area contributed by atoms with Crippen LogP contribution < -0.4 is 5.43 Å². The third-order valence-corrected chi connectivity index (χ3v) is 4.72. The Morgan fingerprint density at radius 2 is 2.39 bits per heavy atom. The lowest BCUT2D eigenvalue weighted by Gasteiger charge is -2.36. The molecule has 1 aliphatic heterocycles. The molecule has 2 aliphatic rings. The largest absolute Gasteiger partial charge is 0.306 e. The molecule has 3 rings (SSSR count). The van der Waals surface area contributed by atoms with Crippen molar-refractivity contribution in [1.29, 1.82) is 0 Å². The molecule has 1 aromatic rings. The molecule has 0 spiro atoms. The molecule has 3 nitrogen and oxygen atoms in total. The van der Waals surface area contributed by atoms with Gasteiger partial charge in [-0.05, 0) is 23.3 Å². The number of hydrazone groups is 1. The number of hydrogen-bond donors (Lipinski definition) is 1. The molecule has 0 saturated heterocycles. The zero-order chi connectivity index (χ0) is 12.8. The number of ketones is 1. The van der Waals surface area contributed by atoms with E-state index in [1.807, 2.05) is 6.07 Å². The molecule has 1 saturated carbocycles. The van der Waals surface area contributed by atoms with Crippen molar-refractivity contribution in [2.45, 2.75) is 39.2 Å². The van der Waals surface area contributed by atoms with Crippen molar-refractivity contribution in [2.75, 3.05) is 0 Å². The maximum atomic E-state index is 12.3. The second kappa shape index (κ2) is 4.19. The van der Waals surface area contributed by atoms with E-state index < -0.39 is 0 Å². The minimum absolute atomic E-state index is 0.0140. The fourth-order valence-corrected chi connectivity index (χ4v) is 3.83. The minimum atomic E-state index is 0.0140. The van der Waals surface area contributed by atoms with Crippen LogP contribution in [0.2, 0.25) is 0 Å². The summed E-state index contributed by atoms with van der Waals surface area (Å²) in [4.78, 5) is 13.6. The number of hydrogen-bond acceptors (Lipinski definition) is 4. The Morgan fingerprint density at radius 3 is 3.11 bits per heavy atom. The standard InChI is InChI=1S/C14H18N2OS/c1-14(2)7-11-13(12(17)8-14)10(15-16-11)6-9-4-3-5-18-9/h3-5,11,13,16H,6-8H2,1-2H3. The number of nitrogens with one attached hydrogen (secondary N) is 1. The van der Waals surface area contributed by atoms with E-state index in [0.29, 0.717) is 12.2 Å². The van der Waals surface area contributed by atoms with Gasteiger partial charge < -0.3 is 5.43 Å². The van der Waals surface area contributed by atoms with Gasteiger partial charge in [-0.15, -0.1) is 11.3 Å². The summed E-state index contributed by atoms with van der Waals surface area (Å²) in [5, 5.41) is 6.49. The molecule has 2 heterocycles. The minimum Gasteiger partial charge on any atom is -0.306 e. The lowest BCUT2D eigenvalue weighted by Crippen LogP contribution is -2.45. The van der Waals surface area contributed by atoms with Crippen molar-refractivity contribution < 1.29 is 4.79 Å². The van der Waals surface area contributed by atoms with Gasteiger partial charge in [0.2, 0.25) is 0 Å². The maximum absolute atomic E-state index is 12.3. The van der Waals surface area contributed by atoms with Gasteiger partial charge in [0, 0.05) is 17.7 Å². The monoisotopic (exact) mass is 262 g/mol. The summed E-state index contributed by atoms with van der Waals surface area (Å²) in [6.07, 6.45) is 2.53. The second-order valence-corrected chi connectivity index (χ2v) is 7.12. The first-order valence-electron chi connectivity index (χ1n) is 6.42. The highest BCUT2D eigenvalue weighted by molar-refractivity contribution is 7.10. The first-order valence-corrected chi connectivity index (χ1v) is 7.30. The van der Waals surface area contributed by atoms with E-state index in [4.69, 9.17) is 0 Å². The molecular formula is C14H18N2OS.